The van der Waals surface area contributed by atoms with Gasteiger partial charge < -0.3 is 25.2 Å². The number of aldehydes is 1. The quantitative estimate of drug-likeness (QED) is 0.384. The summed E-state index contributed by atoms with van der Waals surface area (Å²) in [4.78, 5) is 10.8. The van der Waals surface area contributed by atoms with E-state index in [2.05, 4.69) is 0 Å². The summed E-state index contributed by atoms with van der Waals surface area (Å²) in [5, 5.41) is 37.8. The zero-order valence-electron chi connectivity index (χ0n) is 10.2. The molecule has 0 saturated carbocycles. The van der Waals surface area contributed by atoms with Crippen LogP contribution in [0, 0.1) is 0 Å². The van der Waals surface area contributed by atoms with Gasteiger partial charge in [0, 0.05) is 11.6 Å². The van der Waals surface area contributed by atoms with Crippen LogP contribution in [0.25, 0.3) is 0 Å². The summed E-state index contributed by atoms with van der Waals surface area (Å²) in [6, 6.07) is 7.52. The van der Waals surface area contributed by atoms with Gasteiger partial charge in [0.15, 0.2) is 17.8 Å². The highest BCUT2D eigenvalue weighted by atomic mass is 16.6. The van der Waals surface area contributed by atoms with Gasteiger partial charge in [0.2, 0.25) is 6.29 Å². The Morgan fingerprint density at radius 2 is 1.75 bits per heavy atom. The van der Waals surface area contributed by atoms with Gasteiger partial charge in [-0.1, -0.05) is 0 Å². The molecule has 0 unspecified atom stereocenters. The molecule has 4 N–H and O–H groups in total. The summed E-state index contributed by atoms with van der Waals surface area (Å²) in [5.41, 5.74) is 0.338. The maximum absolute atomic E-state index is 10.8. The molecule has 6 heteroatoms. The number of carbonyl (C=O) groups is 1. The van der Waals surface area contributed by atoms with Gasteiger partial charge in [-0.2, -0.15) is 0 Å². The van der Waals surface area contributed by atoms with Gasteiger partial charge in [0.25, 0.3) is 0 Å². The Labute approximate surface area is 114 Å². The largest absolute Gasteiger partial charge is 0.508 e. The summed E-state index contributed by atoms with van der Waals surface area (Å²) in [5.74, 6) is -0.852. The third kappa shape index (κ3) is 2.81. The van der Waals surface area contributed by atoms with Crippen molar-refractivity contribution in [2.75, 3.05) is 0 Å². The lowest BCUT2D eigenvalue weighted by atomic mass is 10.2. The zero-order chi connectivity index (χ0) is 14.7. The van der Waals surface area contributed by atoms with Gasteiger partial charge in [0.1, 0.15) is 11.5 Å². The van der Waals surface area contributed by atoms with Crippen LogP contribution in [-0.4, -0.2) is 26.7 Å². The number of aliphatic hydroxyl groups is 1. The van der Waals surface area contributed by atoms with Gasteiger partial charge in [-0.3, -0.25) is 4.79 Å². The molecule has 1 atom stereocenters. The van der Waals surface area contributed by atoms with Gasteiger partial charge in [0.05, 0.1) is 5.56 Å². The Morgan fingerprint density at radius 3 is 2.40 bits per heavy atom. The van der Waals surface area contributed by atoms with E-state index >= 15 is 0 Å². The number of hydrogen-bond donors (Lipinski definition) is 4. The van der Waals surface area contributed by atoms with E-state index < -0.39 is 12.0 Å². The molecule has 0 amide bonds. The number of hydrogen-bond acceptors (Lipinski definition) is 6. The number of benzene rings is 2. The maximum Gasteiger partial charge on any atom is 0.224 e. The first-order valence-corrected chi connectivity index (χ1v) is 5.66. The van der Waals surface area contributed by atoms with Crippen LogP contribution in [0.5, 0.6) is 23.0 Å². The molecule has 0 spiro atoms. The van der Waals surface area contributed by atoms with Crippen molar-refractivity contribution in [2.45, 2.75) is 6.29 Å². The van der Waals surface area contributed by atoms with E-state index in [0.717, 1.165) is 6.07 Å². The second kappa shape index (κ2) is 5.50. The molecule has 0 radical (unpaired) electrons. The third-order valence-electron chi connectivity index (χ3n) is 2.65. The first kappa shape index (κ1) is 13.7. The van der Waals surface area contributed by atoms with E-state index in [0.29, 0.717) is 6.29 Å². The highest BCUT2D eigenvalue weighted by Gasteiger charge is 2.14. The summed E-state index contributed by atoms with van der Waals surface area (Å²) >= 11 is 0. The van der Waals surface area contributed by atoms with E-state index in [4.69, 9.17) is 4.74 Å². The molecule has 2 aromatic rings. The van der Waals surface area contributed by atoms with Crippen LogP contribution < -0.4 is 4.74 Å². The average Bonchev–Trinajstić information content (AvgIpc) is 2.42. The highest BCUT2D eigenvalue weighted by molar-refractivity contribution is 5.79. The fourth-order valence-electron chi connectivity index (χ4n) is 1.60. The van der Waals surface area contributed by atoms with Gasteiger partial charge in [-0.05, 0) is 30.3 Å². The second-order valence-electron chi connectivity index (χ2n) is 4.06. The topological polar surface area (TPSA) is 107 Å². The molecular formula is C14H12O6. The fourth-order valence-corrected chi connectivity index (χ4v) is 1.60. The standard InChI is InChI=1S/C14H12O6/c15-7-9-1-3-10(16)6-13(9)20-14(19)8-2-4-11(17)12(18)5-8/h1-7,14,16-19H/t14-/m0/s1. The van der Waals surface area contributed by atoms with Crippen molar-refractivity contribution in [3.8, 4) is 23.0 Å². The molecule has 6 nitrogen and oxygen atoms in total. The summed E-state index contributed by atoms with van der Waals surface area (Å²) in [6.07, 6.45) is -0.947. The average molecular weight is 276 g/mol. The monoisotopic (exact) mass is 276 g/mol. The van der Waals surface area contributed by atoms with E-state index in [1.54, 1.807) is 0 Å². The van der Waals surface area contributed by atoms with Crippen LogP contribution >= 0.6 is 0 Å². The molecule has 0 bridgehead atoms. The van der Waals surface area contributed by atoms with E-state index in [1.165, 1.54) is 30.3 Å². The molecule has 0 aliphatic rings. The lowest BCUT2D eigenvalue weighted by molar-refractivity contribution is -0.0199. The van der Waals surface area contributed by atoms with E-state index in [9.17, 15) is 25.2 Å². The molecule has 0 aromatic heterocycles. The summed E-state index contributed by atoms with van der Waals surface area (Å²) in [7, 11) is 0. The molecule has 2 rings (SSSR count). The SMILES string of the molecule is O=Cc1ccc(O)cc1O[C@H](O)c1ccc(O)c(O)c1. The minimum Gasteiger partial charge on any atom is -0.508 e. The van der Waals surface area contributed by atoms with Gasteiger partial charge in [-0.25, -0.2) is 0 Å². The van der Waals surface area contributed by atoms with Crippen molar-refractivity contribution in [3.63, 3.8) is 0 Å². The minimum absolute atomic E-state index is 0.0000600. The predicted octanol–water partition coefficient (Wildman–Crippen LogP) is 1.69. The zero-order valence-corrected chi connectivity index (χ0v) is 10.2. The molecule has 0 aliphatic heterocycles. The van der Waals surface area contributed by atoms with Crippen LogP contribution in [0.2, 0.25) is 0 Å². The number of ether oxygens (including phenoxy) is 1. The molecule has 2 aromatic carbocycles. The van der Waals surface area contributed by atoms with Crippen LogP contribution in [0.4, 0.5) is 0 Å². The Bertz CT molecular complexity index is 638. The first-order valence-electron chi connectivity index (χ1n) is 5.66. The minimum atomic E-state index is -1.47. The number of aromatic hydroxyl groups is 3. The summed E-state index contributed by atoms with van der Waals surface area (Å²) in [6.45, 7) is 0. The fraction of sp³-hybridized carbons (Fsp3) is 0.0714. The number of rotatable bonds is 4. The second-order valence-corrected chi connectivity index (χ2v) is 4.06. The number of aliphatic hydroxyl groups excluding tert-OH is 1. The van der Waals surface area contributed by atoms with Crippen molar-refractivity contribution in [1.82, 2.24) is 0 Å². The highest BCUT2D eigenvalue weighted by Crippen LogP contribution is 2.31. The third-order valence-corrected chi connectivity index (χ3v) is 2.65. The van der Waals surface area contributed by atoms with Crippen LogP contribution in [0.15, 0.2) is 36.4 Å². The van der Waals surface area contributed by atoms with Gasteiger partial charge >= 0.3 is 0 Å². The molecule has 0 aliphatic carbocycles. The van der Waals surface area contributed by atoms with Crippen molar-refractivity contribution in [1.29, 1.82) is 0 Å². The Hall–Kier alpha value is -2.73. The molecule has 0 heterocycles. The Kier molecular flexibility index (Phi) is 3.76. The summed E-state index contributed by atoms with van der Waals surface area (Å²) < 4.78 is 5.17. The lowest BCUT2D eigenvalue weighted by Gasteiger charge is -2.15. The smallest absolute Gasteiger partial charge is 0.224 e. The van der Waals surface area contributed by atoms with Crippen molar-refractivity contribution in [3.05, 3.63) is 47.5 Å². The number of phenols is 3. The maximum atomic E-state index is 10.8. The first-order chi connectivity index (χ1) is 9.51. The van der Waals surface area contributed by atoms with Crippen LogP contribution in [0.1, 0.15) is 22.2 Å². The Morgan fingerprint density at radius 1 is 1.00 bits per heavy atom. The number of phenolic OH excluding ortho intramolecular Hbond substituents is 3. The van der Waals surface area contributed by atoms with Crippen LogP contribution in [-0.2, 0) is 0 Å². The van der Waals surface area contributed by atoms with Gasteiger partial charge in [-0.15, -0.1) is 0 Å². The molecule has 0 fully saturated rings. The number of carbonyl (C=O) groups excluding carboxylic acids is 1. The van der Waals surface area contributed by atoms with Crippen molar-refractivity contribution < 1.29 is 30.0 Å². The predicted molar refractivity (Wildman–Crippen MR) is 68.9 cm³/mol. The normalized spacial score (nSPS) is 11.8. The molecule has 104 valence electrons. The Balaban J connectivity index is 2.27. The van der Waals surface area contributed by atoms with E-state index in [1.807, 2.05) is 0 Å². The van der Waals surface area contributed by atoms with Crippen molar-refractivity contribution in [2.24, 2.45) is 0 Å². The van der Waals surface area contributed by atoms with Crippen molar-refractivity contribution >= 4 is 6.29 Å². The molecule has 20 heavy (non-hydrogen) atoms. The molecular weight excluding hydrogens is 264 g/mol. The molecule has 0 saturated heterocycles. The van der Waals surface area contributed by atoms with Crippen LogP contribution in [0.3, 0.4) is 0 Å². The van der Waals surface area contributed by atoms with E-state index in [-0.39, 0.29) is 28.4 Å². The lowest BCUT2D eigenvalue weighted by Crippen LogP contribution is -2.07.